The van der Waals surface area contributed by atoms with E-state index in [9.17, 15) is 0 Å². The summed E-state index contributed by atoms with van der Waals surface area (Å²) >= 11 is 6.41. The SMILES string of the molecule is COc1ccc(Nc2noc3c(Nc4ccc(OC)cc4)c(Cl)ccc23)cc1. The van der Waals surface area contributed by atoms with Crippen LogP contribution in [0.3, 0.4) is 0 Å². The van der Waals surface area contributed by atoms with Gasteiger partial charge in [-0.3, -0.25) is 0 Å². The topological polar surface area (TPSA) is 68.5 Å². The molecular formula is C21H18ClN3O3. The summed E-state index contributed by atoms with van der Waals surface area (Å²) in [7, 11) is 3.26. The van der Waals surface area contributed by atoms with Crippen LogP contribution < -0.4 is 20.1 Å². The van der Waals surface area contributed by atoms with Gasteiger partial charge in [0.2, 0.25) is 0 Å². The standard InChI is InChI=1S/C21H18ClN3O3/c1-26-15-7-3-13(4-8-15)23-19-18(22)12-11-17-20(19)28-25-21(17)24-14-5-9-16(27-2)10-6-14/h3-12,23H,1-2H3,(H,24,25). The number of anilines is 4. The molecule has 28 heavy (non-hydrogen) atoms. The number of hydrogen-bond donors (Lipinski definition) is 2. The molecule has 6 nitrogen and oxygen atoms in total. The fourth-order valence-corrected chi connectivity index (χ4v) is 3.01. The molecule has 0 aliphatic carbocycles. The summed E-state index contributed by atoms with van der Waals surface area (Å²) in [4.78, 5) is 0. The number of nitrogens with one attached hydrogen (secondary N) is 2. The Hall–Kier alpha value is -3.38. The molecule has 0 bridgehead atoms. The Kier molecular flexibility index (Phi) is 4.95. The third-order valence-electron chi connectivity index (χ3n) is 4.30. The highest BCUT2D eigenvalue weighted by Crippen LogP contribution is 2.37. The molecule has 4 rings (SSSR count). The Labute approximate surface area is 167 Å². The first kappa shape index (κ1) is 18.0. The van der Waals surface area contributed by atoms with Crippen LogP contribution in [0.5, 0.6) is 11.5 Å². The van der Waals surface area contributed by atoms with Crippen molar-refractivity contribution >= 4 is 45.5 Å². The quantitative estimate of drug-likeness (QED) is 0.418. The Morgan fingerprint density at radius 2 is 1.36 bits per heavy atom. The van der Waals surface area contributed by atoms with Crippen LogP contribution in [-0.2, 0) is 0 Å². The molecule has 0 atom stereocenters. The molecule has 1 aromatic heterocycles. The summed E-state index contributed by atoms with van der Waals surface area (Å²) in [6.45, 7) is 0. The number of nitrogens with zero attached hydrogens (tertiary/aromatic N) is 1. The third kappa shape index (κ3) is 3.54. The highest BCUT2D eigenvalue weighted by Gasteiger charge is 2.16. The van der Waals surface area contributed by atoms with Gasteiger partial charge in [0.05, 0.1) is 24.6 Å². The first-order chi connectivity index (χ1) is 13.7. The van der Waals surface area contributed by atoms with Crippen molar-refractivity contribution in [1.82, 2.24) is 5.16 Å². The number of rotatable bonds is 6. The molecule has 0 saturated carbocycles. The van der Waals surface area contributed by atoms with E-state index in [-0.39, 0.29) is 0 Å². The summed E-state index contributed by atoms with van der Waals surface area (Å²) in [5.74, 6) is 2.17. The van der Waals surface area contributed by atoms with E-state index in [4.69, 9.17) is 25.6 Å². The lowest BCUT2D eigenvalue weighted by Gasteiger charge is -2.09. The van der Waals surface area contributed by atoms with Crippen LogP contribution in [0.1, 0.15) is 0 Å². The number of hydrogen-bond acceptors (Lipinski definition) is 6. The van der Waals surface area contributed by atoms with Crippen molar-refractivity contribution in [3.63, 3.8) is 0 Å². The number of aromatic nitrogens is 1. The molecule has 0 saturated heterocycles. The monoisotopic (exact) mass is 395 g/mol. The zero-order valence-corrected chi connectivity index (χ0v) is 16.1. The highest BCUT2D eigenvalue weighted by molar-refractivity contribution is 6.35. The Morgan fingerprint density at radius 3 is 1.93 bits per heavy atom. The van der Waals surface area contributed by atoms with Gasteiger partial charge in [0, 0.05) is 11.4 Å². The highest BCUT2D eigenvalue weighted by atomic mass is 35.5. The maximum Gasteiger partial charge on any atom is 0.194 e. The third-order valence-corrected chi connectivity index (χ3v) is 4.62. The first-order valence-electron chi connectivity index (χ1n) is 8.58. The number of benzene rings is 3. The average Bonchev–Trinajstić information content (AvgIpc) is 3.14. The van der Waals surface area contributed by atoms with Gasteiger partial charge in [-0.05, 0) is 60.7 Å². The molecule has 1 heterocycles. The van der Waals surface area contributed by atoms with Gasteiger partial charge >= 0.3 is 0 Å². The average molecular weight is 396 g/mol. The zero-order chi connectivity index (χ0) is 19.5. The van der Waals surface area contributed by atoms with Crippen molar-refractivity contribution in [2.75, 3.05) is 24.9 Å². The number of halogens is 1. The second kappa shape index (κ2) is 7.70. The Balaban J connectivity index is 1.65. The molecule has 3 aromatic carbocycles. The summed E-state index contributed by atoms with van der Waals surface area (Å²) in [6, 6.07) is 18.8. The summed E-state index contributed by atoms with van der Waals surface area (Å²) in [5.41, 5.74) is 2.95. The predicted octanol–water partition coefficient (Wildman–Crippen LogP) is 5.99. The molecule has 7 heteroatoms. The van der Waals surface area contributed by atoms with Crippen LogP contribution in [0, 0.1) is 0 Å². The van der Waals surface area contributed by atoms with E-state index in [0.29, 0.717) is 22.1 Å². The fourth-order valence-electron chi connectivity index (χ4n) is 2.82. The van der Waals surface area contributed by atoms with Gasteiger partial charge in [0.1, 0.15) is 17.2 Å². The van der Waals surface area contributed by atoms with Crippen LogP contribution in [0.2, 0.25) is 5.02 Å². The summed E-state index contributed by atoms with van der Waals surface area (Å²) in [5, 5.41) is 12.1. The minimum Gasteiger partial charge on any atom is -0.497 e. The van der Waals surface area contributed by atoms with Crippen molar-refractivity contribution in [3.8, 4) is 11.5 Å². The lowest BCUT2D eigenvalue weighted by molar-refractivity contribution is 0.415. The van der Waals surface area contributed by atoms with Crippen LogP contribution in [0.4, 0.5) is 22.9 Å². The largest absolute Gasteiger partial charge is 0.497 e. The number of fused-ring (bicyclic) bond motifs is 1. The summed E-state index contributed by atoms with van der Waals surface area (Å²) < 4.78 is 16.0. The predicted molar refractivity (Wildman–Crippen MR) is 112 cm³/mol. The Morgan fingerprint density at radius 1 is 0.786 bits per heavy atom. The van der Waals surface area contributed by atoms with Crippen molar-refractivity contribution in [2.45, 2.75) is 0 Å². The van der Waals surface area contributed by atoms with Gasteiger partial charge < -0.3 is 24.6 Å². The molecule has 4 aromatic rings. The van der Waals surface area contributed by atoms with Crippen molar-refractivity contribution in [1.29, 1.82) is 0 Å². The van der Waals surface area contributed by atoms with Crippen molar-refractivity contribution in [2.24, 2.45) is 0 Å². The molecule has 0 amide bonds. The lowest BCUT2D eigenvalue weighted by Crippen LogP contribution is -1.93. The van der Waals surface area contributed by atoms with Gasteiger partial charge in [-0.25, -0.2) is 0 Å². The van der Waals surface area contributed by atoms with E-state index in [1.54, 1.807) is 14.2 Å². The zero-order valence-electron chi connectivity index (χ0n) is 15.3. The van der Waals surface area contributed by atoms with E-state index in [1.807, 2.05) is 60.7 Å². The molecule has 142 valence electrons. The van der Waals surface area contributed by atoms with Gasteiger partial charge in [-0.15, -0.1) is 0 Å². The van der Waals surface area contributed by atoms with Gasteiger partial charge in [0.15, 0.2) is 11.4 Å². The van der Waals surface area contributed by atoms with E-state index >= 15 is 0 Å². The van der Waals surface area contributed by atoms with E-state index < -0.39 is 0 Å². The number of ether oxygens (including phenoxy) is 2. The maximum absolute atomic E-state index is 6.41. The normalized spacial score (nSPS) is 10.7. The van der Waals surface area contributed by atoms with Gasteiger partial charge in [-0.2, -0.15) is 0 Å². The first-order valence-corrected chi connectivity index (χ1v) is 8.96. The second-order valence-corrected chi connectivity index (χ2v) is 6.44. The van der Waals surface area contributed by atoms with Gasteiger partial charge in [-0.1, -0.05) is 16.8 Å². The van der Waals surface area contributed by atoms with E-state index in [0.717, 1.165) is 28.3 Å². The van der Waals surface area contributed by atoms with Crippen LogP contribution in [-0.4, -0.2) is 19.4 Å². The second-order valence-electron chi connectivity index (χ2n) is 6.04. The number of methoxy groups -OCH3 is 2. The van der Waals surface area contributed by atoms with Crippen LogP contribution in [0.15, 0.2) is 65.2 Å². The molecule has 0 aliphatic heterocycles. The van der Waals surface area contributed by atoms with E-state index in [1.165, 1.54) is 0 Å². The lowest BCUT2D eigenvalue weighted by atomic mass is 10.2. The van der Waals surface area contributed by atoms with Crippen LogP contribution in [0.25, 0.3) is 11.0 Å². The molecule has 0 aliphatic rings. The van der Waals surface area contributed by atoms with Crippen molar-refractivity contribution < 1.29 is 14.0 Å². The van der Waals surface area contributed by atoms with Crippen molar-refractivity contribution in [3.05, 3.63) is 65.7 Å². The Bertz CT molecular complexity index is 1090. The molecule has 2 N–H and O–H groups in total. The molecular weight excluding hydrogens is 378 g/mol. The molecule has 0 unspecified atom stereocenters. The summed E-state index contributed by atoms with van der Waals surface area (Å²) in [6.07, 6.45) is 0. The minimum atomic E-state index is 0.537. The molecule has 0 radical (unpaired) electrons. The van der Waals surface area contributed by atoms with E-state index in [2.05, 4.69) is 15.8 Å². The minimum absolute atomic E-state index is 0.537. The maximum atomic E-state index is 6.41. The molecule has 0 spiro atoms. The fraction of sp³-hybridized carbons (Fsp3) is 0.0952. The molecule has 0 fully saturated rings. The van der Waals surface area contributed by atoms with Gasteiger partial charge in [0.25, 0.3) is 0 Å². The smallest absolute Gasteiger partial charge is 0.194 e. The van der Waals surface area contributed by atoms with Crippen LogP contribution >= 0.6 is 11.6 Å².